The number of anilines is 2. The van der Waals surface area contributed by atoms with Crippen molar-refractivity contribution in [2.45, 2.75) is 6.92 Å². The van der Waals surface area contributed by atoms with Crippen LogP contribution in [0.1, 0.15) is 15.9 Å². The lowest BCUT2D eigenvalue weighted by Gasteiger charge is -2.14. The van der Waals surface area contributed by atoms with Gasteiger partial charge in [-0.2, -0.15) is 0 Å². The van der Waals surface area contributed by atoms with Crippen molar-refractivity contribution in [2.24, 2.45) is 0 Å². The molecule has 0 unspecified atom stereocenters. The molecule has 0 atom stereocenters. The Morgan fingerprint density at radius 3 is 2.60 bits per heavy atom. The summed E-state index contributed by atoms with van der Waals surface area (Å²) >= 11 is 2.13. The highest BCUT2D eigenvalue weighted by Gasteiger charge is 2.23. The molecule has 3 rings (SSSR count). The summed E-state index contributed by atoms with van der Waals surface area (Å²) < 4.78 is 16.6. The van der Waals surface area contributed by atoms with E-state index in [-0.39, 0.29) is 22.3 Å². The van der Waals surface area contributed by atoms with Gasteiger partial charge in [-0.05, 0) is 59.3 Å². The molecule has 3 N–H and O–H groups in total. The topological polar surface area (TPSA) is 104 Å². The van der Waals surface area contributed by atoms with E-state index in [1.807, 2.05) is 6.07 Å². The quantitative estimate of drug-likeness (QED) is 0.515. The summed E-state index contributed by atoms with van der Waals surface area (Å²) in [5, 5.41) is 21.3. The Bertz CT molecular complexity index is 1030. The van der Waals surface area contributed by atoms with E-state index in [1.54, 1.807) is 19.1 Å². The zero-order valence-corrected chi connectivity index (χ0v) is 14.9. The molecule has 0 bridgehead atoms. The molecule has 0 aliphatic heterocycles. The fourth-order valence-corrected chi connectivity index (χ4v) is 3.12. The average Bonchev–Trinajstić information content (AvgIpc) is 2.96. The molecule has 9 heteroatoms. The van der Waals surface area contributed by atoms with Crippen LogP contribution in [0, 0.1) is 16.3 Å². The number of aryl methyl sites for hydroxylation is 1. The van der Waals surface area contributed by atoms with Gasteiger partial charge >= 0.3 is 12.1 Å². The summed E-state index contributed by atoms with van der Waals surface area (Å²) in [4.78, 5) is 26.5. The summed E-state index contributed by atoms with van der Waals surface area (Å²) in [6.07, 6.45) is -0.484. The van der Waals surface area contributed by atoms with Crippen molar-refractivity contribution in [3.63, 3.8) is 0 Å². The van der Waals surface area contributed by atoms with Crippen LogP contribution in [0.2, 0.25) is 0 Å². The molecule has 0 aliphatic carbocycles. The van der Waals surface area contributed by atoms with Gasteiger partial charge in [0, 0.05) is 9.26 Å². The van der Waals surface area contributed by atoms with Gasteiger partial charge in [-0.3, -0.25) is 0 Å². The summed E-state index contributed by atoms with van der Waals surface area (Å²) in [7, 11) is 0. The van der Waals surface area contributed by atoms with Crippen LogP contribution < -0.4 is 5.32 Å². The number of carboxylic acid groups (broad SMARTS) is 2. The second-order valence-corrected chi connectivity index (χ2v) is 6.51. The molecular weight excluding hydrogens is 444 g/mol. The molecule has 0 aliphatic rings. The second kappa shape index (κ2) is 6.31. The van der Waals surface area contributed by atoms with E-state index < -0.39 is 17.9 Å². The fraction of sp³-hybridized carbons (Fsp3) is 0.0625. The Morgan fingerprint density at radius 1 is 1.28 bits per heavy atom. The number of carbonyl (C=O) groups is 2. The molecule has 0 saturated heterocycles. The van der Waals surface area contributed by atoms with Crippen molar-refractivity contribution in [1.82, 2.24) is 9.55 Å². The first-order valence-corrected chi connectivity index (χ1v) is 8.06. The largest absolute Gasteiger partial charge is 0.478 e. The van der Waals surface area contributed by atoms with E-state index in [1.165, 1.54) is 0 Å². The molecular formula is C16H11FIN3O4. The maximum absolute atomic E-state index is 15.0. The Balaban J connectivity index is 2.25. The Labute approximate surface area is 154 Å². The third-order valence-electron chi connectivity index (χ3n) is 3.66. The lowest BCUT2D eigenvalue weighted by atomic mass is 10.1. The number of carboxylic acids is 1. The minimum absolute atomic E-state index is 0.0535. The third-order valence-corrected chi connectivity index (χ3v) is 4.33. The molecule has 0 spiro atoms. The summed E-state index contributed by atoms with van der Waals surface area (Å²) in [6, 6.07) is 6.47. The zero-order valence-electron chi connectivity index (χ0n) is 12.7. The molecule has 0 amide bonds. The molecule has 0 fully saturated rings. The lowest BCUT2D eigenvalue weighted by Crippen LogP contribution is -2.10. The molecule has 7 nitrogen and oxygen atoms in total. The van der Waals surface area contributed by atoms with Crippen LogP contribution in [-0.4, -0.2) is 31.8 Å². The van der Waals surface area contributed by atoms with Gasteiger partial charge in [0.15, 0.2) is 5.82 Å². The molecule has 1 heterocycles. The summed E-state index contributed by atoms with van der Waals surface area (Å²) in [5.74, 6) is -2.34. The highest BCUT2D eigenvalue weighted by molar-refractivity contribution is 14.1. The number of rotatable bonds is 3. The van der Waals surface area contributed by atoms with Crippen LogP contribution in [0.15, 0.2) is 30.6 Å². The number of benzene rings is 2. The fourth-order valence-electron chi connectivity index (χ4n) is 2.47. The Hall–Kier alpha value is -2.69. The van der Waals surface area contributed by atoms with Crippen LogP contribution in [0.4, 0.5) is 20.6 Å². The van der Waals surface area contributed by atoms with E-state index >= 15 is 0 Å². The van der Waals surface area contributed by atoms with Crippen LogP contribution >= 0.6 is 22.6 Å². The van der Waals surface area contributed by atoms with Gasteiger partial charge < -0.3 is 15.5 Å². The lowest BCUT2D eigenvalue weighted by molar-refractivity contribution is 0.0697. The molecule has 2 aromatic carbocycles. The maximum atomic E-state index is 15.0. The van der Waals surface area contributed by atoms with Crippen LogP contribution in [0.3, 0.4) is 0 Å². The molecule has 1 aromatic heterocycles. The Morgan fingerprint density at radius 2 is 2.00 bits per heavy atom. The van der Waals surface area contributed by atoms with E-state index in [0.717, 1.165) is 21.5 Å². The predicted molar refractivity (Wildman–Crippen MR) is 97.3 cm³/mol. The van der Waals surface area contributed by atoms with E-state index in [2.05, 4.69) is 32.9 Å². The van der Waals surface area contributed by atoms with Crippen molar-refractivity contribution in [3.05, 3.63) is 51.1 Å². The van der Waals surface area contributed by atoms with Crippen molar-refractivity contribution in [1.29, 1.82) is 0 Å². The van der Waals surface area contributed by atoms with Crippen molar-refractivity contribution < 1.29 is 24.2 Å². The van der Waals surface area contributed by atoms with Gasteiger partial charge in [-0.15, -0.1) is 0 Å². The summed E-state index contributed by atoms with van der Waals surface area (Å²) in [5.41, 5.74) is 0.299. The molecule has 128 valence electrons. The molecule has 25 heavy (non-hydrogen) atoms. The molecule has 0 radical (unpaired) electrons. The maximum Gasteiger partial charge on any atom is 0.417 e. The highest BCUT2D eigenvalue weighted by Crippen LogP contribution is 2.32. The third kappa shape index (κ3) is 3.02. The normalized spacial score (nSPS) is 10.8. The minimum Gasteiger partial charge on any atom is -0.478 e. The smallest absolute Gasteiger partial charge is 0.417 e. The number of nitrogens with zero attached hydrogens (tertiary/aromatic N) is 2. The first-order chi connectivity index (χ1) is 11.8. The number of imidazole rings is 1. The van der Waals surface area contributed by atoms with Gasteiger partial charge in [0.05, 0.1) is 16.8 Å². The monoisotopic (exact) mass is 455 g/mol. The van der Waals surface area contributed by atoms with Crippen molar-refractivity contribution >= 4 is 57.1 Å². The number of halogens is 2. The van der Waals surface area contributed by atoms with Gasteiger partial charge in [0.25, 0.3) is 0 Å². The summed E-state index contributed by atoms with van der Waals surface area (Å²) in [6.45, 7) is 1.79. The van der Waals surface area contributed by atoms with E-state index in [4.69, 9.17) is 5.11 Å². The Kier molecular flexibility index (Phi) is 4.33. The number of hydrogen-bond acceptors (Lipinski definition) is 4. The van der Waals surface area contributed by atoms with Crippen molar-refractivity contribution in [2.75, 3.05) is 5.32 Å². The number of aromatic carboxylic acids is 1. The van der Waals surface area contributed by atoms with Gasteiger partial charge in [0.1, 0.15) is 11.8 Å². The number of aromatic nitrogens is 2. The van der Waals surface area contributed by atoms with Crippen LogP contribution in [0.5, 0.6) is 0 Å². The van der Waals surface area contributed by atoms with Gasteiger partial charge in [-0.25, -0.2) is 23.5 Å². The minimum atomic E-state index is -1.42. The number of nitrogens with one attached hydrogen (secondary N) is 1. The SMILES string of the molecule is Cc1cc(I)ccc1Nc1c(C(=O)O)cc2ncn(C(=O)O)c2c1F. The highest BCUT2D eigenvalue weighted by atomic mass is 127. The standard InChI is InChI=1S/C16H11FIN3O4/c1-7-4-8(18)2-3-10(7)20-13-9(15(22)23)5-11-14(12(13)17)21(6-19-11)16(24)25/h2-6,20H,1H3,(H,22,23)(H,24,25). The zero-order chi connectivity index (χ0) is 18.3. The van der Waals surface area contributed by atoms with E-state index in [0.29, 0.717) is 10.3 Å². The van der Waals surface area contributed by atoms with Gasteiger partial charge in [0.2, 0.25) is 0 Å². The van der Waals surface area contributed by atoms with Crippen LogP contribution in [0.25, 0.3) is 11.0 Å². The number of fused-ring (bicyclic) bond motifs is 1. The molecule has 3 aromatic rings. The number of hydrogen-bond donors (Lipinski definition) is 3. The van der Waals surface area contributed by atoms with E-state index in [9.17, 15) is 19.1 Å². The molecule has 0 saturated carbocycles. The van der Waals surface area contributed by atoms with Gasteiger partial charge in [-0.1, -0.05) is 0 Å². The first-order valence-electron chi connectivity index (χ1n) is 6.99. The first kappa shape index (κ1) is 17.1. The second-order valence-electron chi connectivity index (χ2n) is 5.27. The van der Waals surface area contributed by atoms with Crippen molar-refractivity contribution in [3.8, 4) is 0 Å². The van der Waals surface area contributed by atoms with Crippen LogP contribution in [-0.2, 0) is 0 Å². The average molecular weight is 455 g/mol. The predicted octanol–water partition coefficient (Wildman–Crippen LogP) is 4.06.